The van der Waals surface area contributed by atoms with Gasteiger partial charge in [0.15, 0.2) is 34.6 Å². The summed E-state index contributed by atoms with van der Waals surface area (Å²) in [5.74, 6) is -1.49. The van der Waals surface area contributed by atoms with Gasteiger partial charge >= 0.3 is 0 Å². The van der Waals surface area contributed by atoms with Gasteiger partial charge in [-0.2, -0.15) is 0 Å². The SMILES string of the molecule is CC(=O)c1cc(O)c(O)cc1C[C@@H](C)[C@@H](C)Cc1cc(O)c(O)cc1C(C)=O. The average Bonchev–Trinajstić information content (AvgIpc) is 2.60. The fourth-order valence-corrected chi connectivity index (χ4v) is 3.33. The first-order valence-corrected chi connectivity index (χ1v) is 9.12. The predicted molar refractivity (Wildman–Crippen MR) is 105 cm³/mol. The second-order valence-corrected chi connectivity index (χ2v) is 7.47. The van der Waals surface area contributed by atoms with Crippen molar-refractivity contribution in [3.8, 4) is 23.0 Å². The first-order valence-electron chi connectivity index (χ1n) is 9.12. The predicted octanol–water partition coefficient (Wildman–Crippen LogP) is 3.97. The lowest BCUT2D eigenvalue weighted by Crippen LogP contribution is -2.16. The standard InChI is InChI=1S/C22H26O6/c1-11(5-15-7-19(25)21(27)9-17(15)13(3)23)12(2)6-16-8-20(26)22(28)10-18(16)14(4)24/h7-12,25-28H,5-6H2,1-4H3/t11-,12+. The van der Waals surface area contributed by atoms with Crippen molar-refractivity contribution in [3.63, 3.8) is 0 Å². The molecule has 2 rings (SSSR count). The number of benzene rings is 2. The number of phenolic OH excluding ortho intramolecular Hbond substituents is 4. The van der Waals surface area contributed by atoms with Gasteiger partial charge in [-0.3, -0.25) is 9.59 Å². The normalized spacial score (nSPS) is 13.1. The molecular formula is C22H26O6. The molecule has 150 valence electrons. The molecule has 0 unspecified atom stereocenters. The van der Waals surface area contributed by atoms with Gasteiger partial charge in [0.05, 0.1) is 0 Å². The molecule has 6 heteroatoms. The second-order valence-electron chi connectivity index (χ2n) is 7.47. The lowest BCUT2D eigenvalue weighted by Gasteiger charge is -2.22. The summed E-state index contributed by atoms with van der Waals surface area (Å²) in [6.45, 7) is 6.79. The smallest absolute Gasteiger partial charge is 0.160 e. The summed E-state index contributed by atoms with van der Waals surface area (Å²) in [4.78, 5) is 23.8. The molecule has 0 saturated carbocycles. The lowest BCUT2D eigenvalue weighted by molar-refractivity contribution is 0.100. The highest BCUT2D eigenvalue weighted by atomic mass is 16.3. The third-order valence-corrected chi connectivity index (χ3v) is 5.21. The molecule has 0 fully saturated rings. The Morgan fingerprint density at radius 2 is 0.964 bits per heavy atom. The van der Waals surface area contributed by atoms with Gasteiger partial charge in [0, 0.05) is 11.1 Å². The zero-order valence-electron chi connectivity index (χ0n) is 16.5. The maximum atomic E-state index is 11.9. The summed E-state index contributed by atoms with van der Waals surface area (Å²) in [6, 6.07) is 5.36. The average molecular weight is 386 g/mol. The monoisotopic (exact) mass is 386 g/mol. The number of rotatable bonds is 7. The molecule has 0 aliphatic carbocycles. The number of phenols is 4. The van der Waals surface area contributed by atoms with Gasteiger partial charge in [-0.1, -0.05) is 13.8 Å². The van der Waals surface area contributed by atoms with Crippen molar-refractivity contribution in [2.45, 2.75) is 40.5 Å². The van der Waals surface area contributed by atoms with E-state index in [2.05, 4.69) is 0 Å². The maximum absolute atomic E-state index is 11.9. The number of carbonyl (C=O) groups is 2. The van der Waals surface area contributed by atoms with Gasteiger partial charge in [-0.15, -0.1) is 0 Å². The summed E-state index contributed by atoms with van der Waals surface area (Å²) in [7, 11) is 0. The van der Waals surface area contributed by atoms with E-state index in [-0.39, 0.29) is 46.4 Å². The van der Waals surface area contributed by atoms with E-state index in [0.717, 1.165) is 0 Å². The topological polar surface area (TPSA) is 115 Å². The molecule has 28 heavy (non-hydrogen) atoms. The van der Waals surface area contributed by atoms with E-state index in [1.54, 1.807) is 0 Å². The molecule has 0 aromatic heterocycles. The van der Waals surface area contributed by atoms with Crippen LogP contribution in [-0.2, 0) is 12.8 Å². The van der Waals surface area contributed by atoms with Crippen LogP contribution in [0, 0.1) is 11.8 Å². The molecule has 0 radical (unpaired) electrons. The molecule has 2 aromatic rings. The van der Waals surface area contributed by atoms with Gasteiger partial charge in [0.25, 0.3) is 0 Å². The van der Waals surface area contributed by atoms with Crippen LogP contribution in [0.1, 0.15) is 59.5 Å². The number of carbonyl (C=O) groups excluding carboxylic acids is 2. The van der Waals surface area contributed by atoms with Crippen molar-refractivity contribution in [3.05, 3.63) is 46.5 Å². The van der Waals surface area contributed by atoms with E-state index >= 15 is 0 Å². The maximum Gasteiger partial charge on any atom is 0.160 e. The molecule has 0 aliphatic heterocycles. The van der Waals surface area contributed by atoms with Gasteiger partial charge in [0.2, 0.25) is 0 Å². The van der Waals surface area contributed by atoms with E-state index in [9.17, 15) is 30.0 Å². The number of hydrogen-bond acceptors (Lipinski definition) is 6. The molecule has 2 aromatic carbocycles. The van der Waals surface area contributed by atoms with Crippen LogP contribution in [0.25, 0.3) is 0 Å². The summed E-state index contributed by atoms with van der Waals surface area (Å²) >= 11 is 0. The van der Waals surface area contributed by atoms with Crippen LogP contribution in [0.4, 0.5) is 0 Å². The molecular weight excluding hydrogens is 360 g/mol. The van der Waals surface area contributed by atoms with Gasteiger partial charge in [0.1, 0.15) is 0 Å². The van der Waals surface area contributed by atoms with Gasteiger partial charge in [-0.05, 0) is 73.9 Å². The van der Waals surface area contributed by atoms with Crippen molar-refractivity contribution in [2.75, 3.05) is 0 Å². The van der Waals surface area contributed by atoms with Gasteiger partial charge in [-0.25, -0.2) is 0 Å². The number of Topliss-reactive ketones (excluding diaryl/α,β-unsaturated/α-hetero) is 2. The molecule has 0 aliphatic rings. The van der Waals surface area contributed by atoms with Crippen molar-refractivity contribution in [1.82, 2.24) is 0 Å². The first kappa shape index (κ1) is 21.3. The highest BCUT2D eigenvalue weighted by molar-refractivity contribution is 5.97. The van der Waals surface area contributed by atoms with E-state index in [1.807, 2.05) is 13.8 Å². The molecule has 0 saturated heterocycles. The third-order valence-electron chi connectivity index (χ3n) is 5.21. The molecule has 0 bridgehead atoms. The highest BCUT2D eigenvalue weighted by Crippen LogP contribution is 2.34. The molecule has 2 atom stereocenters. The fourth-order valence-electron chi connectivity index (χ4n) is 3.33. The van der Waals surface area contributed by atoms with Gasteiger partial charge < -0.3 is 20.4 Å². The molecule has 0 heterocycles. The van der Waals surface area contributed by atoms with Crippen LogP contribution in [-0.4, -0.2) is 32.0 Å². The number of hydrogen-bond donors (Lipinski definition) is 4. The summed E-state index contributed by atoms with van der Waals surface area (Å²) in [5, 5.41) is 38.9. The molecule has 6 nitrogen and oxygen atoms in total. The van der Waals surface area contributed by atoms with Crippen LogP contribution < -0.4 is 0 Å². The summed E-state index contributed by atoms with van der Waals surface area (Å²) in [6.07, 6.45) is 0.979. The zero-order chi connectivity index (χ0) is 21.2. The number of aromatic hydroxyl groups is 4. The van der Waals surface area contributed by atoms with Crippen molar-refractivity contribution in [2.24, 2.45) is 11.8 Å². The Hall–Kier alpha value is -3.02. The largest absolute Gasteiger partial charge is 0.504 e. The Balaban J connectivity index is 2.27. The van der Waals surface area contributed by atoms with Crippen molar-refractivity contribution in [1.29, 1.82) is 0 Å². The van der Waals surface area contributed by atoms with Crippen LogP contribution >= 0.6 is 0 Å². The van der Waals surface area contributed by atoms with Crippen molar-refractivity contribution >= 4 is 11.6 Å². The second kappa shape index (κ2) is 8.33. The minimum absolute atomic E-state index is 0.0674. The molecule has 4 N–H and O–H groups in total. The third kappa shape index (κ3) is 4.63. The minimum Gasteiger partial charge on any atom is -0.504 e. The number of ketones is 2. The minimum atomic E-state index is -0.333. The Kier molecular flexibility index (Phi) is 6.33. The van der Waals surface area contributed by atoms with Crippen LogP contribution in [0.15, 0.2) is 24.3 Å². The Bertz CT molecular complexity index is 840. The quantitative estimate of drug-likeness (QED) is 0.423. The van der Waals surface area contributed by atoms with Crippen LogP contribution in [0.5, 0.6) is 23.0 Å². The highest BCUT2D eigenvalue weighted by Gasteiger charge is 2.21. The molecule has 0 amide bonds. The van der Waals surface area contributed by atoms with E-state index in [0.29, 0.717) is 35.1 Å². The van der Waals surface area contributed by atoms with Crippen LogP contribution in [0.3, 0.4) is 0 Å². The fraction of sp³-hybridized carbons (Fsp3) is 0.364. The van der Waals surface area contributed by atoms with E-state index < -0.39 is 0 Å². The molecule has 0 spiro atoms. The Morgan fingerprint density at radius 3 is 1.25 bits per heavy atom. The zero-order valence-corrected chi connectivity index (χ0v) is 16.5. The summed E-state index contributed by atoms with van der Waals surface area (Å²) < 4.78 is 0. The van der Waals surface area contributed by atoms with Crippen molar-refractivity contribution < 1.29 is 30.0 Å². The van der Waals surface area contributed by atoms with Crippen LogP contribution in [0.2, 0.25) is 0 Å². The Labute approximate surface area is 164 Å². The lowest BCUT2D eigenvalue weighted by atomic mass is 9.82. The Morgan fingerprint density at radius 1 is 0.679 bits per heavy atom. The van der Waals surface area contributed by atoms with E-state index in [1.165, 1.54) is 38.1 Å². The summed E-state index contributed by atoms with van der Waals surface area (Å²) in [5.41, 5.74) is 2.01. The van der Waals surface area contributed by atoms with E-state index in [4.69, 9.17) is 0 Å². The first-order chi connectivity index (χ1) is 13.0.